The second-order valence-corrected chi connectivity index (χ2v) is 6.18. The largest absolute Gasteiger partial charge is 0.478 e. The third kappa shape index (κ3) is 4.24. The number of ether oxygens (including phenoxy) is 1. The number of rotatable bonds is 5. The maximum absolute atomic E-state index is 13.6. The molecule has 1 N–H and O–H groups in total. The molecule has 0 aliphatic heterocycles. The fourth-order valence-corrected chi connectivity index (χ4v) is 2.36. The van der Waals surface area contributed by atoms with E-state index in [0.717, 1.165) is 10.0 Å². The van der Waals surface area contributed by atoms with Crippen LogP contribution in [0, 0.1) is 5.82 Å². The topological polar surface area (TPSA) is 64.4 Å². The van der Waals surface area contributed by atoms with Gasteiger partial charge in [-0.1, -0.05) is 45.4 Å². The second-order valence-electron chi connectivity index (χ2n) is 5.26. The molecule has 3 aromatic rings. The minimum Gasteiger partial charge on any atom is -0.478 e. The third-order valence-corrected chi connectivity index (χ3v) is 3.93. The highest BCUT2D eigenvalue weighted by atomic mass is 79.9. The van der Waals surface area contributed by atoms with Gasteiger partial charge in [-0.2, -0.15) is 0 Å². The lowest BCUT2D eigenvalue weighted by molar-refractivity contribution is -0.122. The molecule has 3 rings (SSSR count). The summed E-state index contributed by atoms with van der Waals surface area (Å²) >= 11 is 3.36. The number of hydrogen-bond donors (Lipinski definition) is 1. The molecule has 0 saturated heterocycles. The number of amides is 1. The Morgan fingerprint density at radius 2 is 1.96 bits per heavy atom. The summed E-state index contributed by atoms with van der Waals surface area (Å²) in [7, 11) is 0. The van der Waals surface area contributed by atoms with Crippen molar-refractivity contribution in [3.8, 4) is 17.0 Å². The number of hydrogen-bond acceptors (Lipinski definition) is 4. The highest BCUT2D eigenvalue weighted by molar-refractivity contribution is 9.10. The Kier molecular flexibility index (Phi) is 5.14. The molecule has 5 nitrogen and oxygen atoms in total. The van der Waals surface area contributed by atoms with E-state index in [2.05, 4.69) is 26.4 Å². The first-order chi connectivity index (χ1) is 12.0. The van der Waals surface area contributed by atoms with Crippen LogP contribution in [0.5, 0.6) is 5.75 Å². The molecule has 0 spiro atoms. The Balaban J connectivity index is 1.65. The quantitative estimate of drug-likeness (QED) is 0.671. The van der Waals surface area contributed by atoms with Crippen molar-refractivity contribution >= 4 is 27.7 Å². The molecular formula is C18H14BrFN2O3. The van der Waals surface area contributed by atoms with Gasteiger partial charge in [0, 0.05) is 16.1 Å². The lowest BCUT2D eigenvalue weighted by Crippen LogP contribution is -2.30. The van der Waals surface area contributed by atoms with Crippen molar-refractivity contribution in [2.75, 3.05) is 5.32 Å². The van der Waals surface area contributed by atoms with E-state index in [-0.39, 0.29) is 11.6 Å². The highest BCUT2D eigenvalue weighted by Gasteiger charge is 2.18. The van der Waals surface area contributed by atoms with Crippen molar-refractivity contribution in [3.05, 3.63) is 64.9 Å². The predicted octanol–water partition coefficient (Wildman–Crippen LogP) is 4.65. The number of carbonyl (C=O) groups excluding carboxylic acids is 1. The van der Waals surface area contributed by atoms with Crippen LogP contribution in [-0.4, -0.2) is 17.2 Å². The van der Waals surface area contributed by atoms with E-state index in [9.17, 15) is 9.18 Å². The molecular weight excluding hydrogens is 391 g/mol. The van der Waals surface area contributed by atoms with Gasteiger partial charge in [0.05, 0.1) is 0 Å². The van der Waals surface area contributed by atoms with Gasteiger partial charge in [-0.05, 0) is 31.2 Å². The van der Waals surface area contributed by atoms with E-state index in [1.807, 2.05) is 24.3 Å². The summed E-state index contributed by atoms with van der Waals surface area (Å²) in [5, 5.41) is 6.48. The second kappa shape index (κ2) is 7.48. The predicted molar refractivity (Wildman–Crippen MR) is 94.8 cm³/mol. The maximum atomic E-state index is 13.6. The smallest absolute Gasteiger partial charge is 0.267 e. The van der Waals surface area contributed by atoms with Gasteiger partial charge in [-0.25, -0.2) is 4.39 Å². The van der Waals surface area contributed by atoms with Crippen LogP contribution in [0.2, 0.25) is 0 Å². The van der Waals surface area contributed by atoms with Crippen molar-refractivity contribution in [2.24, 2.45) is 0 Å². The zero-order valence-electron chi connectivity index (χ0n) is 13.2. The summed E-state index contributed by atoms with van der Waals surface area (Å²) in [4.78, 5) is 12.2. The van der Waals surface area contributed by atoms with Crippen LogP contribution in [-0.2, 0) is 4.79 Å². The standard InChI is InChI=1S/C18H14BrFN2O3/c1-11(24-16-5-3-2-4-14(16)20)18(23)21-17-10-15(22-25-17)12-6-8-13(19)9-7-12/h2-11H,1H3,(H,21,23)/t11-/m1/s1. The van der Waals surface area contributed by atoms with E-state index in [4.69, 9.17) is 9.26 Å². The number of benzene rings is 2. The Bertz CT molecular complexity index is 880. The average molecular weight is 405 g/mol. The van der Waals surface area contributed by atoms with Crippen LogP contribution < -0.4 is 10.1 Å². The molecule has 2 aromatic carbocycles. The summed E-state index contributed by atoms with van der Waals surface area (Å²) in [5.74, 6) is -0.800. The summed E-state index contributed by atoms with van der Waals surface area (Å²) < 4.78 is 25.0. The van der Waals surface area contributed by atoms with Crippen LogP contribution in [0.15, 0.2) is 63.6 Å². The van der Waals surface area contributed by atoms with E-state index in [1.54, 1.807) is 18.2 Å². The fraction of sp³-hybridized carbons (Fsp3) is 0.111. The molecule has 128 valence electrons. The molecule has 1 heterocycles. The summed E-state index contributed by atoms with van der Waals surface area (Å²) in [6.07, 6.45) is -0.905. The highest BCUT2D eigenvalue weighted by Crippen LogP contribution is 2.24. The van der Waals surface area contributed by atoms with Gasteiger partial charge in [0.25, 0.3) is 5.91 Å². The lowest BCUT2D eigenvalue weighted by atomic mass is 10.1. The van der Waals surface area contributed by atoms with E-state index < -0.39 is 17.8 Å². The van der Waals surface area contributed by atoms with Crippen LogP contribution in [0.1, 0.15) is 6.92 Å². The van der Waals surface area contributed by atoms with Gasteiger partial charge in [-0.15, -0.1) is 0 Å². The number of nitrogens with zero attached hydrogens (tertiary/aromatic N) is 1. The van der Waals surface area contributed by atoms with E-state index >= 15 is 0 Å². The number of aromatic nitrogens is 1. The van der Waals surface area contributed by atoms with Crippen molar-refractivity contribution in [2.45, 2.75) is 13.0 Å². The van der Waals surface area contributed by atoms with Gasteiger partial charge in [0.1, 0.15) is 5.69 Å². The van der Waals surface area contributed by atoms with Gasteiger partial charge in [0.2, 0.25) is 5.88 Å². The van der Waals surface area contributed by atoms with Crippen molar-refractivity contribution in [1.29, 1.82) is 0 Å². The maximum Gasteiger partial charge on any atom is 0.267 e. The minimum atomic E-state index is -0.905. The van der Waals surface area contributed by atoms with Crippen molar-refractivity contribution in [1.82, 2.24) is 5.16 Å². The number of para-hydroxylation sites is 1. The zero-order valence-corrected chi connectivity index (χ0v) is 14.8. The van der Waals surface area contributed by atoms with Crippen LogP contribution in [0.25, 0.3) is 11.3 Å². The molecule has 1 amide bonds. The molecule has 7 heteroatoms. The monoisotopic (exact) mass is 404 g/mol. The third-order valence-electron chi connectivity index (χ3n) is 3.41. The van der Waals surface area contributed by atoms with E-state index in [0.29, 0.717) is 5.69 Å². The Hall–Kier alpha value is -2.67. The molecule has 0 radical (unpaired) electrons. The molecule has 0 unspecified atom stereocenters. The van der Waals surface area contributed by atoms with Crippen molar-refractivity contribution in [3.63, 3.8) is 0 Å². The van der Waals surface area contributed by atoms with Gasteiger partial charge >= 0.3 is 0 Å². The number of nitrogens with one attached hydrogen (secondary N) is 1. The Morgan fingerprint density at radius 1 is 1.24 bits per heavy atom. The molecule has 0 saturated carbocycles. The van der Waals surface area contributed by atoms with Crippen LogP contribution >= 0.6 is 15.9 Å². The van der Waals surface area contributed by atoms with Crippen molar-refractivity contribution < 1.29 is 18.4 Å². The Morgan fingerprint density at radius 3 is 2.68 bits per heavy atom. The summed E-state index contributed by atoms with van der Waals surface area (Å²) in [6.45, 7) is 1.52. The lowest BCUT2D eigenvalue weighted by Gasteiger charge is -2.13. The average Bonchev–Trinajstić information content (AvgIpc) is 3.06. The van der Waals surface area contributed by atoms with E-state index in [1.165, 1.54) is 19.1 Å². The van der Waals surface area contributed by atoms with Gasteiger partial charge in [0.15, 0.2) is 17.7 Å². The molecule has 0 aliphatic rings. The van der Waals surface area contributed by atoms with Gasteiger partial charge in [-0.3, -0.25) is 10.1 Å². The molecule has 25 heavy (non-hydrogen) atoms. The molecule has 0 fully saturated rings. The van der Waals surface area contributed by atoms with Gasteiger partial charge < -0.3 is 9.26 Å². The Labute approximate surface area is 151 Å². The summed E-state index contributed by atoms with van der Waals surface area (Å²) in [6, 6.07) is 15.0. The normalized spacial score (nSPS) is 11.8. The first-order valence-electron chi connectivity index (χ1n) is 7.47. The first kappa shape index (κ1) is 17.2. The zero-order chi connectivity index (χ0) is 17.8. The van der Waals surface area contributed by atoms with Crippen LogP contribution in [0.3, 0.4) is 0 Å². The van der Waals surface area contributed by atoms with Crippen LogP contribution in [0.4, 0.5) is 10.3 Å². The molecule has 1 aromatic heterocycles. The number of halogens is 2. The minimum absolute atomic E-state index is 0.0123. The molecule has 1 atom stereocenters. The number of anilines is 1. The summed E-state index contributed by atoms with van der Waals surface area (Å²) in [5.41, 5.74) is 1.44. The number of carbonyl (C=O) groups is 1. The molecule has 0 bridgehead atoms. The molecule has 0 aliphatic carbocycles. The fourth-order valence-electron chi connectivity index (χ4n) is 2.10. The SMILES string of the molecule is C[C@@H](Oc1ccccc1F)C(=O)Nc1cc(-c2ccc(Br)cc2)no1. The first-order valence-corrected chi connectivity index (χ1v) is 8.27.